The lowest BCUT2D eigenvalue weighted by molar-refractivity contribution is -0.148. The van der Waals surface area contributed by atoms with Crippen molar-refractivity contribution in [1.29, 1.82) is 0 Å². The van der Waals surface area contributed by atoms with Gasteiger partial charge < -0.3 is 9.84 Å². The molecule has 1 aliphatic carbocycles. The Kier molecular flexibility index (Phi) is 6.42. The molecule has 3 aromatic rings. The first kappa shape index (κ1) is 22.2. The van der Waals surface area contributed by atoms with Crippen molar-refractivity contribution in [2.24, 2.45) is 5.41 Å². The maximum absolute atomic E-state index is 13.1. The van der Waals surface area contributed by atoms with E-state index in [1.165, 1.54) is 22.5 Å². The number of carboxylic acids is 1. The summed E-state index contributed by atoms with van der Waals surface area (Å²) in [5, 5.41) is 10.3. The standard InChI is InChI=1S/C26H27NO4S/c1-3-22-23(31-12-11-18-8-6-7-17(2)13-18)27-24(32-22)21(28)16-26(25(29)30)14-19-9-4-5-10-20(19)15-26/h4-10,13H,3,11-12,14-16H2,1-2H3,(H,29,30). The van der Waals surface area contributed by atoms with E-state index in [9.17, 15) is 14.7 Å². The minimum atomic E-state index is -1.11. The maximum atomic E-state index is 13.1. The normalized spacial score (nSPS) is 14.2. The average molecular weight is 450 g/mol. The Bertz CT molecular complexity index is 1130. The molecular formula is C26H27NO4S. The zero-order valence-corrected chi connectivity index (χ0v) is 19.2. The molecule has 0 amide bonds. The fourth-order valence-electron chi connectivity index (χ4n) is 4.36. The molecule has 1 N–H and O–H groups in total. The molecular weight excluding hydrogens is 422 g/mol. The van der Waals surface area contributed by atoms with E-state index in [1.807, 2.05) is 37.3 Å². The molecule has 1 aliphatic rings. The van der Waals surface area contributed by atoms with E-state index in [1.54, 1.807) is 0 Å². The van der Waals surface area contributed by atoms with Crippen molar-refractivity contribution in [2.45, 2.75) is 46.0 Å². The summed E-state index contributed by atoms with van der Waals surface area (Å²) in [4.78, 5) is 30.7. The van der Waals surface area contributed by atoms with Crippen molar-refractivity contribution in [3.8, 4) is 5.88 Å². The largest absolute Gasteiger partial charge is 0.481 e. The average Bonchev–Trinajstić information content (AvgIpc) is 3.35. The summed E-state index contributed by atoms with van der Waals surface area (Å²) >= 11 is 1.32. The van der Waals surface area contributed by atoms with E-state index < -0.39 is 11.4 Å². The number of rotatable bonds is 9. The number of hydrogen-bond donors (Lipinski definition) is 1. The summed E-state index contributed by atoms with van der Waals surface area (Å²) in [5.41, 5.74) is 3.32. The van der Waals surface area contributed by atoms with E-state index in [4.69, 9.17) is 4.74 Å². The molecule has 0 aliphatic heterocycles. The van der Waals surface area contributed by atoms with E-state index in [-0.39, 0.29) is 12.2 Å². The third-order valence-corrected chi connectivity index (χ3v) is 7.28. The van der Waals surface area contributed by atoms with Gasteiger partial charge in [-0.3, -0.25) is 9.59 Å². The van der Waals surface area contributed by atoms with E-state index in [2.05, 4.69) is 30.1 Å². The maximum Gasteiger partial charge on any atom is 0.310 e. The molecule has 0 fully saturated rings. The number of aryl methyl sites for hydroxylation is 2. The van der Waals surface area contributed by atoms with Gasteiger partial charge in [-0.1, -0.05) is 61.0 Å². The molecule has 0 radical (unpaired) electrons. The number of hydrogen-bond acceptors (Lipinski definition) is 5. The SMILES string of the molecule is CCc1sc(C(=O)CC2(C(=O)O)Cc3ccccc3C2)nc1OCCc1cccc(C)c1. The Hall–Kier alpha value is -2.99. The van der Waals surface area contributed by atoms with Gasteiger partial charge in [0.05, 0.1) is 16.9 Å². The van der Waals surface area contributed by atoms with Gasteiger partial charge in [-0.2, -0.15) is 4.98 Å². The van der Waals surface area contributed by atoms with Crippen LogP contribution in [-0.4, -0.2) is 28.4 Å². The molecule has 1 aromatic heterocycles. The van der Waals surface area contributed by atoms with E-state index >= 15 is 0 Å². The smallest absolute Gasteiger partial charge is 0.310 e. The van der Waals surface area contributed by atoms with Gasteiger partial charge in [-0.15, -0.1) is 11.3 Å². The first-order chi connectivity index (χ1) is 15.4. The number of fused-ring (bicyclic) bond motifs is 1. The van der Waals surface area contributed by atoms with E-state index in [0.717, 1.165) is 22.4 Å². The summed E-state index contributed by atoms with van der Waals surface area (Å²) in [6, 6.07) is 16.0. The second-order valence-corrected chi connectivity index (χ2v) is 9.58. The Morgan fingerprint density at radius 1 is 1.12 bits per heavy atom. The van der Waals surface area contributed by atoms with Crippen LogP contribution in [0, 0.1) is 12.3 Å². The van der Waals surface area contributed by atoms with Crippen LogP contribution in [0.15, 0.2) is 48.5 Å². The Labute approximate surface area is 192 Å². The van der Waals surface area contributed by atoms with Crippen molar-refractivity contribution >= 4 is 23.1 Å². The minimum absolute atomic E-state index is 0.0591. The second-order valence-electron chi connectivity index (χ2n) is 8.50. The number of Topliss-reactive ketones (excluding diaryl/α,β-unsaturated/α-hetero) is 1. The van der Waals surface area contributed by atoms with Gasteiger partial charge in [0.2, 0.25) is 5.88 Å². The Morgan fingerprint density at radius 2 is 1.84 bits per heavy atom. The molecule has 2 aromatic carbocycles. The van der Waals surface area contributed by atoms with Crippen LogP contribution in [0.25, 0.3) is 0 Å². The highest BCUT2D eigenvalue weighted by molar-refractivity contribution is 7.13. The Morgan fingerprint density at radius 3 is 2.47 bits per heavy atom. The highest BCUT2D eigenvalue weighted by Gasteiger charge is 2.46. The van der Waals surface area contributed by atoms with Crippen molar-refractivity contribution in [3.05, 3.63) is 80.7 Å². The molecule has 4 rings (SSSR count). The molecule has 5 nitrogen and oxygen atoms in total. The number of benzene rings is 2. The number of carbonyl (C=O) groups is 2. The molecule has 0 bridgehead atoms. The lowest BCUT2D eigenvalue weighted by Crippen LogP contribution is -2.34. The van der Waals surface area contributed by atoms with Crippen LogP contribution in [0.3, 0.4) is 0 Å². The lowest BCUT2D eigenvalue weighted by atomic mass is 9.80. The fourth-order valence-corrected chi connectivity index (χ4v) is 5.24. The predicted octanol–water partition coefficient (Wildman–Crippen LogP) is 5.08. The molecule has 0 saturated carbocycles. The second kappa shape index (κ2) is 9.25. The topological polar surface area (TPSA) is 76.5 Å². The van der Waals surface area contributed by atoms with Crippen LogP contribution in [0.4, 0.5) is 0 Å². The third kappa shape index (κ3) is 4.60. The summed E-state index contributed by atoms with van der Waals surface area (Å²) in [6.45, 7) is 4.54. The number of carbonyl (C=O) groups excluding carboxylic acids is 1. The number of nitrogens with zero attached hydrogens (tertiary/aromatic N) is 1. The molecule has 32 heavy (non-hydrogen) atoms. The van der Waals surface area contributed by atoms with Gasteiger partial charge in [0, 0.05) is 12.8 Å². The third-order valence-electron chi connectivity index (χ3n) is 6.06. The van der Waals surface area contributed by atoms with Crippen LogP contribution in [-0.2, 0) is 30.5 Å². The summed E-state index contributed by atoms with van der Waals surface area (Å²) < 4.78 is 5.93. The lowest BCUT2D eigenvalue weighted by Gasteiger charge is -2.22. The van der Waals surface area contributed by atoms with Crippen molar-refractivity contribution in [1.82, 2.24) is 4.98 Å². The van der Waals surface area contributed by atoms with E-state index in [0.29, 0.717) is 36.8 Å². The monoisotopic (exact) mass is 449 g/mol. The highest BCUT2D eigenvalue weighted by Crippen LogP contribution is 2.41. The summed E-state index contributed by atoms with van der Waals surface area (Å²) in [6.07, 6.45) is 2.15. The highest BCUT2D eigenvalue weighted by atomic mass is 32.1. The number of thiazole rings is 1. The van der Waals surface area contributed by atoms with Crippen molar-refractivity contribution in [3.63, 3.8) is 0 Å². The quantitative estimate of drug-likeness (QED) is 0.461. The first-order valence-corrected chi connectivity index (χ1v) is 11.7. The molecule has 6 heteroatoms. The van der Waals surface area contributed by atoms with Crippen LogP contribution in [0.2, 0.25) is 0 Å². The molecule has 0 unspecified atom stereocenters. The fraction of sp³-hybridized carbons (Fsp3) is 0.346. The zero-order chi connectivity index (χ0) is 22.7. The van der Waals surface area contributed by atoms with Crippen LogP contribution in [0.5, 0.6) is 5.88 Å². The Balaban J connectivity index is 1.46. The zero-order valence-electron chi connectivity index (χ0n) is 18.4. The number of aliphatic carboxylic acids is 1. The number of ketones is 1. The predicted molar refractivity (Wildman–Crippen MR) is 125 cm³/mol. The van der Waals surface area contributed by atoms with Crippen molar-refractivity contribution < 1.29 is 19.4 Å². The number of carboxylic acid groups (broad SMARTS) is 1. The van der Waals surface area contributed by atoms with Gasteiger partial charge >= 0.3 is 5.97 Å². The molecule has 166 valence electrons. The minimum Gasteiger partial charge on any atom is -0.481 e. The molecule has 0 spiro atoms. The molecule has 0 atom stereocenters. The van der Waals surface area contributed by atoms with Gasteiger partial charge in [-0.05, 0) is 42.9 Å². The summed E-state index contributed by atoms with van der Waals surface area (Å²) in [7, 11) is 0. The number of aromatic nitrogens is 1. The molecule has 1 heterocycles. The van der Waals surface area contributed by atoms with Gasteiger partial charge in [-0.25, -0.2) is 0 Å². The first-order valence-electron chi connectivity index (χ1n) is 10.9. The number of ether oxygens (including phenoxy) is 1. The van der Waals surface area contributed by atoms with Gasteiger partial charge in [0.1, 0.15) is 0 Å². The summed E-state index contributed by atoms with van der Waals surface area (Å²) in [5.74, 6) is -0.662. The van der Waals surface area contributed by atoms with Crippen molar-refractivity contribution in [2.75, 3.05) is 6.61 Å². The van der Waals surface area contributed by atoms with Crippen LogP contribution in [0.1, 0.15) is 50.3 Å². The molecule has 0 saturated heterocycles. The van der Waals surface area contributed by atoms with Crippen LogP contribution < -0.4 is 4.74 Å². The van der Waals surface area contributed by atoms with Crippen LogP contribution >= 0.6 is 11.3 Å². The van der Waals surface area contributed by atoms with Gasteiger partial charge in [0.25, 0.3) is 0 Å². The van der Waals surface area contributed by atoms with Gasteiger partial charge in [0.15, 0.2) is 10.8 Å².